The molecule has 238 valence electrons. The molecule has 9 atom stereocenters. The van der Waals surface area contributed by atoms with Crippen LogP contribution < -0.4 is 17.0 Å². The van der Waals surface area contributed by atoms with E-state index in [1.165, 1.54) is 10.9 Å². The van der Waals surface area contributed by atoms with Crippen LogP contribution in [0.2, 0.25) is 0 Å². The van der Waals surface area contributed by atoms with Gasteiger partial charge in [0.25, 0.3) is 11.5 Å². The van der Waals surface area contributed by atoms with E-state index in [9.17, 15) is 10.1 Å². The average molecular weight is 663 g/mol. The van der Waals surface area contributed by atoms with Gasteiger partial charge in [0.1, 0.15) is 12.4 Å². The Morgan fingerprint density at radius 1 is 1.16 bits per heavy atom. The topological polar surface area (TPSA) is 238 Å². The molecule has 2 unspecified atom stereocenters. The van der Waals surface area contributed by atoms with Crippen molar-refractivity contribution < 1.29 is 41.8 Å². The number of fused-ring (bicyclic) bond motifs is 2. The molecule has 23 heteroatoms. The molecular formula is C21H26F3N11O7P2. The van der Waals surface area contributed by atoms with Crippen LogP contribution >= 0.6 is 18.3 Å². The Kier molecular flexibility index (Phi) is 8.64. The molecule has 6 heterocycles. The summed E-state index contributed by atoms with van der Waals surface area (Å²) < 4.78 is 70.7. The number of halogens is 3. The largest absolute Gasteiger partial charge is 0.382 e. The van der Waals surface area contributed by atoms with Gasteiger partial charge in [-0.15, -0.1) is 5.10 Å². The number of aromatic amines is 1. The molecule has 0 saturated carbocycles. The van der Waals surface area contributed by atoms with Gasteiger partial charge in [-0.1, -0.05) is 5.21 Å². The molecule has 0 aliphatic carbocycles. The van der Waals surface area contributed by atoms with Crippen molar-refractivity contribution in [2.24, 2.45) is 5.92 Å². The van der Waals surface area contributed by atoms with Crippen LogP contribution in [0.3, 0.4) is 0 Å². The molecule has 4 aromatic rings. The Bertz CT molecular complexity index is 1700. The van der Waals surface area contributed by atoms with Crippen molar-refractivity contribution >= 4 is 52.4 Å². The van der Waals surface area contributed by atoms with Gasteiger partial charge in [0, 0.05) is 18.3 Å². The Morgan fingerprint density at radius 2 is 1.98 bits per heavy atom. The zero-order valence-corrected chi connectivity index (χ0v) is 24.5. The van der Waals surface area contributed by atoms with Gasteiger partial charge in [0.15, 0.2) is 46.6 Å². The third kappa shape index (κ3) is 5.36. The summed E-state index contributed by atoms with van der Waals surface area (Å²) in [6.07, 6.45) is -6.27. The number of hydrogen-bond acceptors (Lipinski definition) is 15. The number of rotatable bonds is 11. The van der Waals surface area contributed by atoms with E-state index in [-0.39, 0.29) is 68.7 Å². The monoisotopic (exact) mass is 663 g/mol. The van der Waals surface area contributed by atoms with Gasteiger partial charge in [-0.3, -0.25) is 19.6 Å². The third-order valence-corrected chi connectivity index (χ3v) is 8.42. The molecule has 0 spiro atoms. The van der Waals surface area contributed by atoms with Crippen molar-refractivity contribution in [1.82, 2.24) is 44.5 Å². The van der Waals surface area contributed by atoms with Gasteiger partial charge < -0.3 is 30.0 Å². The lowest BCUT2D eigenvalue weighted by Gasteiger charge is -2.23. The van der Waals surface area contributed by atoms with Gasteiger partial charge in [-0.2, -0.15) is 9.67 Å². The molecule has 0 radical (unpaired) electrons. The highest BCUT2D eigenvalue weighted by atomic mass is 31.1. The number of aromatic nitrogens is 9. The molecule has 2 aliphatic heterocycles. The van der Waals surface area contributed by atoms with Gasteiger partial charge in [0.05, 0.1) is 31.6 Å². The summed E-state index contributed by atoms with van der Waals surface area (Å²) in [6, 6.07) is 0. The molecule has 2 aliphatic rings. The van der Waals surface area contributed by atoms with Crippen molar-refractivity contribution in [3.05, 3.63) is 23.0 Å². The van der Waals surface area contributed by atoms with E-state index in [1.807, 2.05) is 9.47 Å². The Morgan fingerprint density at radius 3 is 2.75 bits per heavy atom. The highest BCUT2D eigenvalue weighted by Crippen LogP contribution is 2.49. The molecule has 44 heavy (non-hydrogen) atoms. The lowest BCUT2D eigenvalue weighted by Crippen LogP contribution is -2.35. The number of imidazole rings is 1. The zero-order chi connectivity index (χ0) is 31.2. The Labute approximate surface area is 248 Å². The van der Waals surface area contributed by atoms with Crippen molar-refractivity contribution in [2.45, 2.75) is 49.3 Å². The van der Waals surface area contributed by atoms with Gasteiger partial charge in [-0.25, -0.2) is 33.0 Å². The number of nitrogen functional groups attached to an aromatic ring is 2. The number of alkyl halides is 3. The molecule has 0 amide bonds. The number of anilines is 2. The minimum Gasteiger partial charge on any atom is -0.382 e. The van der Waals surface area contributed by atoms with Crippen LogP contribution in [0.1, 0.15) is 18.9 Å². The van der Waals surface area contributed by atoms with Crippen LogP contribution in [-0.4, -0.2) is 99.5 Å². The first-order valence-electron chi connectivity index (χ1n) is 13.0. The Hall–Kier alpha value is -3.16. The number of hydrogen-bond donors (Lipinski definition) is 4. The smallest absolute Gasteiger partial charge is 0.299 e. The van der Waals surface area contributed by atoms with E-state index < -0.39 is 54.3 Å². The van der Waals surface area contributed by atoms with Crippen LogP contribution in [-0.2, 0) is 23.4 Å². The third-order valence-electron chi connectivity index (χ3n) is 7.37. The summed E-state index contributed by atoms with van der Waals surface area (Å²) in [4.78, 5) is 34.5. The second-order valence-electron chi connectivity index (χ2n) is 9.96. The molecule has 18 nitrogen and oxygen atoms in total. The number of H-pyrrole nitrogens is 1. The van der Waals surface area contributed by atoms with Crippen LogP contribution in [0, 0.1) is 5.92 Å². The average Bonchev–Trinajstić information content (AvgIpc) is 3.73. The fourth-order valence-corrected chi connectivity index (χ4v) is 6.34. The zero-order valence-electron chi connectivity index (χ0n) is 22.4. The first-order chi connectivity index (χ1) is 21.1. The molecule has 0 bridgehead atoms. The second-order valence-corrected chi connectivity index (χ2v) is 11.4. The summed E-state index contributed by atoms with van der Waals surface area (Å²) >= 11 is 0. The standard InChI is InChI=1S/C21H26F3N11O7P2/c22-10-9(40-18(13(10)42-37)34-6-29-12-16(34)30-20(26)31-17(12)36)4-39-44-2-1-7-8(3-38-43)41-19(21(7,23)24)35-15-11(32-33-35)14(25)27-5-28-15/h5-10,13,18-19,37,44H,1-4,43H2,(H2,25,27,28)(H3,26,30,31,36)/t7-,8-,9-,10-,13-,18-,19-/m1/s1. The van der Waals surface area contributed by atoms with Crippen molar-refractivity contribution in [1.29, 1.82) is 0 Å². The van der Waals surface area contributed by atoms with Gasteiger partial charge >= 0.3 is 0 Å². The summed E-state index contributed by atoms with van der Waals surface area (Å²) in [5, 5.41) is 17.0. The molecule has 6 N–H and O–H groups in total. The quantitative estimate of drug-likeness (QED) is 0.0742. The number of nitrogens with zero attached hydrogens (tertiary/aromatic N) is 8. The summed E-state index contributed by atoms with van der Waals surface area (Å²) in [7, 11) is 1.68. The summed E-state index contributed by atoms with van der Waals surface area (Å²) in [6.45, 7) is -0.434. The van der Waals surface area contributed by atoms with E-state index >= 15 is 13.2 Å². The lowest BCUT2D eigenvalue weighted by molar-refractivity contribution is -0.300. The Balaban J connectivity index is 1.08. The minimum atomic E-state index is -3.41. The van der Waals surface area contributed by atoms with E-state index in [0.29, 0.717) is 0 Å². The highest BCUT2D eigenvalue weighted by Gasteiger charge is 2.60. The lowest BCUT2D eigenvalue weighted by atomic mass is 9.94. The molecule has 6 rings (SSSR count). The van der Waals surface area contributed by atoms with Crippen molar-refractivity contribution in [3.63, 3.8) is 0 Å². The van der Waals surface area contributed by atoms with E-state index in [0.717, 1.165) is 11.0 Å². The van der Waals surface area contributed by atoms with Gasteiger partial charge in [-0.05, 0) is 12.6 Å². The van der Waals surface area contributed by atoms with Crippen LogP contribution in [0.25, 0.3) is 22.3 Å². The van der Waals surface area contributed by atoms with E-state index in [4.69, 9.17) is 30.0 Å². The van der Waals surface area contributed by atoms with Crippen molar-refractivity contribution in [2.75, 3.05) is 30.8 Å². The second kappa shape index (κ2) is 12.3. The predicted molar refractivity (Wildman–Crippen MR) is 148 cm³/mol. The molecular weight excluding hydrogens is 637 g/mol. The first kappa shape index (κ1) is 30.8. The number of nitrogens with one attached hydrogen (secondary N) is 1. The van der Waals surface area contributed by atoms with Crippen molar-refractivity contribution in [3.8, 4) is 0 Å². The molecule has 2 saturated heterocycles. The van der Waals surface area contributed by atoms with Crippen LogP contribution in [0.5, 0.6) is 0 Å². The fraction of sp³-hybridized carbons (Fsp3) is 0.571. The van der Waals surface area contributed by atoms with Gasteiger partial charge in [0.2, 0.25) is 12.2 Å². The molecule has 4 aromatic heterocycles. The first-order valence-corrected chi connectivity index (χ1v) is 14.6. The maximum Gasteiger partial charge on any atom is 0.299 e. The van der Waals surface area contributed by atoms with Crippen LogP contribution in [0.4, 0.5) is 24.9 Å². The predicted octanol–water partition coefficient (Wildman–Crippen LogP) is 0.568. The maximum atomic E-state index is 15.7. The highest BCUT2D eigenvalue weighted by molar-refractivity contribution is 7.32. The minimum absolute atomic E-state index is 0.00544. The SMILES string of the molecule is Nc1nc2c(ncn2[C@@H]2O[C@H](COPCC[C@@H]3[C@@H](COP)O[C@@H](n4nnc5c(N)ncnc54)C3(F)F)[C@@H](F)[C@H]2OO)c(=O)[nH]1. The summed E-state index contributed by atoms with van der Waals surface area (Å²) in [5.41, 5.74) is 10.7. The molecule has 0 aromatic carbocycles. The number of nitrogens with two attached hydrogens (primary N) is 2. The summed E-state index contributed by atoms with van der Waals surface area (Å²) in [5.74, 6) is -4.93. The number of ether oxygens (including phenoxy) is 2. The molecule has 2 fully saturated rings. The van der Waals surface area contributed by atoms with Crippen LogP contribution in [0.15, 0.2) is 17.4 Å². The fourth-order valence-electron chi connectivity index (χ4n) is 5.29. The van der Waals surface area contributed by atoms with E-state index in [2.05, 4.69) is 40.1 Å². The normalized spacial score (nSPS) is 28.7. The maximum absolute atomic E-state index is 15.7. The van der Waals surface area contributed by atoms with E-state index in [1.54, 1.807) is 0 Å².